The van der Waals surface area contributed by atoms with Crippen LogP contribution in [0.5, 0.6) is 5.75 Å². The molecule has 4 rings (SSSR count). The molecule has 5 nitrogen and oxygen atoms in total. The van der Waals surface area contributed by atoms with Gasteiger partial charge >= 0.3 is 0 Å². The van der Waals surface area contributed by atoms with E-state index in [1.54, 1.807) is 7.11 Å². The molecular weight excluding hydrogens is 332 g/mol. The lowest BCUT2D eigenvalue weighted by molar-refractivity contribution is 0.415. The van der Waals surface area contributed by atoms with E-state index in [0.717, 1.165) is 27.1 Å². The minimum absolute atomic E-state index is 0.716. The minimum Gasteiger partial charge on any atom is -0.497 e. The van der Waals surface area contributed by atoms with Gasteiger partial charge in [0.25, 0.3) is 0 Å². The molecule has 0 saturated heterocycles. The third kappa shape index (κ3) is 3.44. The first kappa shape index (κ1) is 15.5. The Labute approximate surface area is 149 Å². The average Bonchev–Trinajstić information content (AvgIpc) is 3.23. The summed E-state index contributed by atoms with van der Waals surface area (Å²) in [6, 6.07) is 18.1. The van der Waals surface area contributed by atoms with E-state index >= 15 is 0 Å². The lowest BCUT2D eigenvalue weighted by Crippen LogP contribution is -1.97. The molecule has 4 aromatic rings. The highest BCUT2D eigenvalue weighted by Crippen LogP contribution is 2.19. The Kier molecular flexibility index (Phi) is 4.26. The molecule has 0 unspecified atom stereocenters. The Bertz CT molecular complexity index is 1000. The quantitative estimate of drug-likeness (QED) is 0.548. The van der Waals surface area contributed by atoms with Gasteiger partial charge in [-0.2, -0.15) is 9.61 Å². The van der Waals surface area contributed by atoms with Gasteiger partial charge in [0.1, 0.15) is 10.8 Å². The molecule has 25 heavy (non-hydrogen) atoms. The summed E-state index contributed by atoms with van der Waals surface area (Å²) in [5, 5.41) is 14.0. The van der Waals surface area contributed by atoms with E-state index in [1.165, 1.54) is 16.9 Å². The Morgan fingerprint density at radius 3 is 2.56 bits per heavy atom. The predicted molar refractivity (Wildman–Crippen MR) is 99.8 cm³/mol. The molecule has 0 N–H and O–H groups in total. The van der Waals surface area contributed by atoms with Crippen molar-refractivity contribution < 1.29 is 4.74 Å². The van der Waals surface area contributed by atoms with E-state index < -0.39 is 0 Å². The number of ether oxygens (including phenoxy) is 1. The van der Waals surface area contributed by atoms with Crippen LogP contribution in [0.3, 0.4) is 0 Å². The predicted octanol–water partition coefficient (Wildman–Crippen LogP) is 3.96. The van der Waals surface area contributed by atoms with Crippen LogP contribution < -0.4 is 4.74 Å². The van der Waals surface area contributed by atoms with Gasteiger partial charge in [-0.15, -0.1) is 10.2 Å². The second-order valence-corrected chi connectivity index (χ2v) is 6.51. The lowest BCUT2D eigenvalue weighted by Gasteiger charge is -1.98. The molecule has 0 aliphatic rings. The minimum atomic E-state index is 0.716. The molecule has 0 aliphatic carbocycles. The van der Waals surface area contributed by atoms with Crippen LogP contribution in [0.15, 0.2) is 54.6 Å². The summed E-state index contributed by atoms with van der Waals surface area (Å²) >= 11 is 1.52. The molecule has 0 aliphatic heterocycles. The number of aromatic nitrogens is 4. The summed E-state index contributed by atoms with van der Waals surface area (Å²) in [6.07, 6.45) is 4.74. The van der Waals surface area contributed by atoms with Crippen LogP contribution in [0, 0.1) is 0 Å². The monoisotopic (exact) mass is 348 g/mol. The van der Waals surface area contributed by atoms with Crippen molar-refractivity contribution >= 4 is 28.4 Å². The summed E-state index contributed by atoms with van der Waals surface area (Å²) in [5.41, 5.74) is 2.29. The van der Waals surface area contributed by atoms with E-state index in [4.69, 9.17) is 4.74 Å². The summed E-state index contributed by atoms with van der Waals surface area (Å²) < 4.78 is 7.00. The van der Waals surface area contributed by atoms with Gasteiger partial charge in [-0.1, -0.05) is 59.9 Å². The number of methoxy groups -OCH3 is 1. The molecule has 0 amide bonds. The van der Waals surface area contributed by atoms with Gasteiger partial charge in [-0.3, -0.25) is 0 Å². The van der Waals surface area contributed by atoms with E-state index in [0.29, 0.717) is 6.42 Å². The third-order valence-corrected chi connectivity index (χ3v) is 4.67. The van der Waals surface area contributed by atoms with Crippen LogP contribution in [-0.2, 0) is 6.42 Å². The Morgan fingerprint density at radius 2 is 1.80 bits per heavy atom. The first-order valence-corrected chi connectivity index (χ1v) is 8.70. The largest absolute Gasteiger partial charge is 0.497 e. The summed E-state index contributed by atoms with van der Waals surface area (Å²) in [6.45, 7) is 0. The van der Waals surface area contributed by atoms with Crippen LogP contribution in [-0.4, -0.2) is 26.9 Å². The molecule has 0 bridgehead atoms. The standard InChI is InChI=1S/C19H16N4OS/c1-24-16-10-7-14(8-11-16)9-12-18-22-23-17(20-21-19(23)25-18)13-15-5-3-2-4-6-15/h2-12H,13H2,1H3/b12-9-. The van der Waals surface area contributed by atoms with Crippen molar-refractivity contribution in [3.05, 3.63) is 76.6 Å². The number of rotatable bonds is 5. The van der Waals surface area contributed by atoms with Crippen LogP contribution in [0.4, 0.5) is 0 Å². The van der Waals surface area contributed by atoms with Gasteiger partial charge in [-0.25, -0.2) is 0 Å². The zero-order valence-electron chi connectivity index (χ0n) is 13.7. The average molecular weight is 348 g/mol. The first-order valence-electron chi connectivity index (χ1n) is 7.89. The Hall–Kier alpha value is -2.99. The van der Waals surface area contributed by atoms with Crippen molar-refractivity contribution in [3.63, 3.8) is 0 Å². The maximum Gasteiger partial charge on any atom is 0.234 e. The van der Waals surface area contributed by atoms with E-state index in [1.807, 2.05) is 59.1 Å². The summed E-state index contributed by atoms with van der Waals surface area (Å²) in [7, 11) is 1.66. The highest BCUT2D eigenvalue weighted by molar-refractivity contribution is 7.17. The highest BCUT2D eigenvalue weighted by atomic mass is 32.1. The van der Waals surface area contributed by atoms with Crippen molar-refractivity contribution in [2.45, 2.75) is 6.42 Å². The topological polar surface area (TPSA) is 52.3 Å². The molecule has 0 spiro atoms. The number of hydrogen-bond acceptors (Lipinski definition) is 5. The van der Waals surface area contributed by atoms with Gasteiger partial charge in [0, 0.05) is 6.42 Å². The van der Waals surface area contributed by atoms with E-state index in [2.05, 4.69) is 27.4 Å². The SMILES string of the molecule is COc1ccc(/C=C\c2nn3c(Cc4ccccc4)nnc3s2)cc1. The molecule has 124 valence electrons. The zero-order valence-corrected chi connectivity index (χ0v) is 14.5. The molecule has 2 aromatic carbocycles. The van der Waals surface area contributed by atoms with Crippen molar-refractivity contribution in [3.8, 4) is 5.75 Å². The summed E-state index contributed by atoms with van der Waals surface area (Å²) in [5.74, 6) is 1.70. The van der Waals surface area contributed by atoms with E-state index in [9.17, 15) is 0 Å². The van der Waals surface area contributed by atoms with Crippen molar-refractivity contribution in [2.75, 3.05) is 7.11 Å². The molecule has 2 heterocycles. The molecular formula is C19H16N4OS. The highest BCUT2D eigenvalue weighted by Gasteiger charge is 2.10. The van der Waals surface area contributed by atoms with Crippen LogP contribution >= 0.6 is 11.3 Å². The van der Waals surface area contributed by atoms with Crippen molar-refractivity contribution in [2.24, 2.45) is 0 Å². The fourth-order valence-electron chi connectivity index (χ4n) is 2.51. The molecule has 6 heteroatoms. The second kappa shape index (κ2) is 6.86. The van der Waals surface area contributed by atoms with Gasteiger partial charge in [0.15, 0.2) is 5.82 Å². The van der Waals surface area contributed by atoms with Gasteiger partial charge in [0.2, 0.25) is 4.96 Å². The first-order chi connectivity index (χ1) is 12.3. The normalized spacial score (nSPS) is 11.4. The summed E-state index contributed by atoms with van der Waals surface area (Å²) in [4.78, 5) is 0.806. The number of nitrogens with zero attached hydrogens (tertiary/aromatic N) is 4. The molecule has 0 saturated carbocycles. The third-order valence-electron chi connectivity index (χ3n) is 3.81. The number of fused-ring (bicyclic) bond motifs is 1. The van der Waals surface area contributed by atoms with Gasteiger partial charge in [0.05, 0.1) is 7.11 Å². The fourth-order valence-corrected chi connectivity index (χ4v) is 3.27. The zero-order chi connectivity index (χ0) is 17.1. The smallest absolute Gasteiger partial charge is 0.234 e. The van der Waals surface area contributed by atoms with E-state index in [-0.39, 0.29) is 0 Å². The fraction of sp³-hybridized carbons (Fsp3) is 0.105. The van der Waals surface area contributed by atoms with Crippen LogP contribution in [0.25, 0.3) is 17.1 Å². The molecule has 0 fully saturated rings. The molecule has 2 aromatic heterocycles. The van der Waals surface area contributed by atoms with Gasteiger partial charge in [-0.05, 0) is 29.3 Å². The maximum absolute atomic E-state index is 5.17. The number of hydrogen-bond donors (Lipinski definition) is 0. The Balaban J connectivity index is 1.56. The van der Waals surface area contributed by atoms with Crippen LogP contribution in [0.2, 0.25) is 0 Å². The molecule has 0 radical (unpaired) electrons. The van der Waals surface area contributed by atoms with Gasteiger partial charge < -0.3 is 4.74 Å². The molecule has 0 atom stereocenters. The number of benzene rings is 2. The Morgan fingerprint density at radius 1 is 1.00 bits per heavy atom. The second-order valence-electron chi connectivity index (χ2n) is 5.52. The lowest BCUT2D eigenvalue weighted by atomic mass is 10.1. The van der Waals surface area contributed by atoms with Crippen molar-refractivity contribution in [1.82, 2.24) is 19.8 Å². The van der Waals surface area contributed by atoms with Crippen LogP contribution in [0.1, 0.15) is 22.0 Å². The maximum atomic E-state index is 5.17. The van der Waals surface area contributed by atoms with Crippen molar-refractivity contribution in [1.29, 1.82) is 0 Å².